The summed E-state index contributed by atoms with van der Waals surface area (Å²) in [4.78, 5) is 15.3. The highest BCUT2D eigenvalue weighted by Crippen LogP contribution is 2.44. The summed E-state index contributed by atoms with van der Waals surface area (Å²) in [6.45, 7) is 2.49. The third-order valence-corrected chi connectivity index (χ3v) is 6.82. The van der Waals surface area contributed by atoms with E-state index in [-0.39, 0.29) is 11.3 Å². The number of thiophene rings is 2. The normalized spacial score (nSPS) is 18.3. The van der Waals surface area contributed by atoms with Crippen molar-refractivity contribution >= 4 is 28.6 Å². The molecule has 5 heteroatoms. The summed E-state index contributed by atoms with van der Waals surface area (Å²) >= 11 is 3.16. The molecule has 2 N–H and O–H groups in total. The molecule has 0 spiro atoms. The van der Waals surface area contributed by atoms with Crippen molar-refractivity contribution in [3.05, 3.63) is 44.3 Å². The van der Waals surface area contributed by atoms with E-state index in [1.165, 1.54) is 29.1 Å². The minimum absolute atomic E-state index is 0.0218. The zero-order valence-electron chi connectivity index (χ0n) is 12.7. The predicted molar refractivity (Wildman–Crippen MR) is 91.8 cm³/mol. The van der Waals surface area contributed by atoms with Crippen molar-refractivity contribution in [3.63, 3.8) is 0 Å². The van der Waals surface area contributed by atoms with Crippen molar-refractivity contribution in [2.45, 2.75) is 44.1 Å². The Kier molecular flexibility index (Phi) is 4.66. The highest BCUT2D eigenvalue weighted by atomic mass is 32.1. The summed E-state index contributed by atoms with van der Waals surface area (Å²) < 4.78 is 0. The van der Waals surface area contributed by atoms with Crippen LogP contribution < -0.4 is 5.32 Å². The van der Waals surface area contributed by atoms with Crippen molar-refractivity contribution in [3.8, 4) is 0 Å². The van der Waals surface area contributed by atoms with Gasteiger partial charge in [-0.05, 0) is 43.3 Å². The minimum atomic E-state index is -0.419. The van der Waals surface area contributed by atoms with Crippen LogP contribution in [0, 0.1) is 0 Å². The number of carbonyl (C=O) groups is 1. The average molecular weight is 335 g/mol. The van der Waals surface area contributed by atoms with E-state index in [9.17, 15) is 9.90 Å². The molecule has 0 saturated heterocycles. The third kappa shape index (κ3) is 3.12. The van der Waals surface area contributed by atoms with E-state index in [0.29, 0.717) is 6.54 Å². The van der Waals surface area contributed by atoms with Gasteiger partial charge in [0, 0.05) is 21.7 Å². The number of hydrogen-bond acceptors (Lipinski definition) is 4. The molecule has 118 valence electrons. The lowest BCUT2D eigenvalue weighted by Crippen LogP contribution is -2.38. The molecule has 1 aliphatic carbocycles. The quantitative estimate of drug-likeness (QED) is 0.864. The van der Waals surface area contributed by atoms with Crippen LogP contribution in [0.4, 0.5) is 0 Å². The Morgan fingerprint density at radius 3 is 2.73 bits per heavy atom. The van der Waals surface area contributed by atoms with E-state index in [0.717, 1.165) is 22.6 Å². The molecule has 2 aromatic rings. The summed E-state index contributed by atoms with van der Waals surface area (Å²) in [7, 11) is 0. The first-order valence-corrected chi connectivity index (χ1v) is 9.40. The van der Waals surface area contributed by atoms with Crippen LogP contribution in [0.5, 0.6) is 0 Å². The number of rotatable bonds is 5. The molecule has 1 aliphatic rings. The Morgan fingerprint density at radius 1 is 1.36 bits per heavy atom. The smallest absolute Gasteiger partial charge is 0.261 e. The molecule has 1 saturated carbocycles. The highest BCUT2D eigenvalue weighted by molar-refractivity contribution is 7.12. The molecule has 1 fully saturated rings. The van der Waals surface area contributed by atoms with Gasteiger partial charge in [-0.25, -0.2) is 0 Å². The summed E-state index contributed by atoms with van der Waals surface area (Å²) in [5.41, 5.74) is 0.0464. The van der Waals surface area contributed by atoms with Gasteiger partial charge in [0.15, 0.2) is 0 Å². The van der Waals surface area contributed by atoms with Crippen LogP contribution in [0.3, 0.4) is 0 Å². The van der Waals surface area contributed by atoms with E-state index in [4.69, 9.17) is 0 Å². The highest BCUT2D eigenvalue weighted by Gasteiger charge is 2.37. The van der Waals surface area contributed by atoms with Crippen molar-refractivity contribution in [2.24, 2.45) is 0 Å². The number of carbonyl (C=O) groups excluding carboxylic acids is 1. The first-order valence-electron chi connectivity index (χ1n) is 7.71. The second kappa shape index (κ2) is 6.52. The number of nitrogens with one attached hydrogen (secondary N) is 1. The molecule has 0 radical (unpaired) electrons. The average Bonchev–Trinajstić information content (AvgIpc) is 3.24. The van der Waals surface area contributed by atoms with E-state index in [1.807, 2.05) is 23.6 Å². The third-order valence-electron chi connectivity index (χ3n) is 4.45. The molecule has 1 unspecified atom stereocenters. The number of hydrogen-bond donors (Lipinski definition) is 2. The van der Waals surface area contributed by atoms with Gasteiger partial charge in [0.1, 0.15) is 0 Å². The number of aliphatic hydroxyl groups excluding tert-OH is 1. The lowest BCUT2D eigenvalue weighted by atomic mass is 9.84. The fourth-order valence-electron chi connectivity index (χ4n) is 3.17. The van der Waals surface area contributed by atoms with Gasteiger partial charge in [-0.2, -0.15) is 0 Å². The Hall–Kier alpha value is -1.17. The molecule has 0 aliphatic heterocycles. The molecule has 1 atom stereocenters. The first-order chi connectivity index (χ1) is 10.6. The summed E-state index contributed by atoms with van der Waals surface area (Å²) in [5.74, 6) is 0.0218. The molecule has 0 aromatic carbocycles. The molecule has 3 nitrogen and oxygen atoms in total. The fourth-order valence-corrected chi connectivity index (χ4v) is 5.00. The second-order valence-corrected chi connectivity index (χ2v) is 8.09. The molecule has 0 bridgehead atoms. The van der Waals surface area contributed by atoms with Crippen LogP contribution in [0.1, 0.15) is 58.1 Å². The molecule has 1 amide bonds. The maximum absolute atomic E-state index is 12.2. The fraction of sp³-hybridized carbons (Fsp3) is 0.471. The Labute approximate surface area is 139 Å². The standard InChI is InChI=1S/C17H21NO2S2/c1-12(19)13-6-7-15(22-13)17(8-2-3-9-17)11-18-16(20)14-5-4-10-21-14/h4-7,10,12,19H,2-3,8-9,11H2,1H3,(H,18,20). The van der Waals surface area contributed by atoms with Crippen LogP contribution in [0.15, 0.2) is 29.6 Å². The van der Waals surface area contributed by atoms with Gasteiger partial charge in [-0.15, -0.1) is 22.7 Å². The summed E-state index contributed by atoms with van der Waals surface area (Å²) in [5, 5.41) is 14.8. The Morgan fingerprint density at radius 2 is 2.14 bits per heavy atom. The second-order valence-electron chi connectivity index (χ2n) is 6.03. The lowest BCUT2D eigenvalue weighted by Gasteiger charge is -2.28. The van der Waals surface area contributed by atoms with Gasteiger partial charge in [0.05, 0.1) is 11.0 Å². The number of amides is 1. The maximum Gasteiger partial charge on any atom is 0.261 e. The van der Waals surface area contributed by atoms with E-state index in [1.54, 1.807) is 18.3 Å². The van der Waals surface area contributed by atoms with Crippen molar-refractivity contribution in [1.82, 2.24) is 5.32 Å². The first kappa shape index (κ1) is 15.7. The van der Waals surface area contributed by atoms with Crippen LogP contribution in [-0.4, -0.2) is 17.6 Å². The number of aliphatic hydroxyl groups is 1. The van der Waals surface area contributed by atoms with Gasteiger partial charge in [-0.3, -0.25) is 4.79 Å². The van der Waals surface area contributed by atoms with Crippen molar-refractivity contribution in [2.75, 3.05) is 6.54 Å². The predicted octanol–water partition coefficient (Wildman–Crippen LogP) is 4.10. The van der Waals surface area contributed by atoms with E-state index < -0.39 is 6.10 Å². The largest absolute Gasteiger partial charge is 0.388 e. The van der Waals surface area contributed by atoms with Crippen LogP contribution in [0.2, 0.25) is 0 Å². The lowest BCUT2D eigenvalue weighted by molar-refractivity contribution is 0.0947. The SMILES string of the molecule is CC(O)c1ccc(C2(CNC(=O)c3cccs3)CCCC2)s1. The van der Waals surface area contributed by atoms with Gasteiger partial charge in [0.25, 0.3) is 5.91 Å². The van der Waals surface area contributed by atoms with Gasteiger partial charge in [0.2, 0.25) is 0 Å². The molecular formula is C17H21NO2S2. The Bertz CT molecular complexity index is 625. The van der Waals surface area contributed by atoms with Gasteiger partial charge >= 0.3 is 0 Å². The van der Waals surface area contributed by atoms with Crippen LogP contribution >= 0.6 is 22.7 Å². The van der Waals surface area contributed by atoms with Crippen LogP contribution in [0.25, 0.3) is 0 Å². The van der Waals surface area contributed by atoms with E-state index >= 15 is 0 Å². The summed E-state index contributed by atoms with van der Waals surface area (Å²) in [6.07, 6.45) is 4.21. The molecular weight excluding hydrogens is 314 g/mol. The van der Waals surface area contributed by atoms with Crippen molar-refractivity contribution in [1.29, 1.82) is 0 Å². The molecule has 2 aromatic heterocycles. The van der Waals surface area contributed by atoms with Crippen LogP contribution in [-0.2, 0) is 5.41 Å². The maximum atomic E-state index is 12.2. The Balaban J connectivity index is 1.75. The summed E-state index contributed by atoms with van der Waals surface area (Å²) in [6, 6.07) is 7.91. The zero-order chi connectivity index (χ0) is 15.6. The topological polar surface area (TPSA) is 49.3 Å². The minimum Gasteiger partial charge on any atom is -0.388 e. The monoisotopic (exact) mass is 335 g/mol. The zero-order valence-corrected chi connectivity index (χ0v) is 14.3. The van der Waals surface area contributed by atoms with Gasteiger partial charge in [-0.1, -0.05) is 18.9 Å². The molecule has 3 rings (SSSR count). The van der Waals surface area contributed by atoms with Crippen molar-refractivity contribution < 1.29 is 9.90 Å². The van der Waals surface area contributed by atoms with Gasteiger partial charge < -0.3 is 10.4 Å². The molecule has 22 heavy (non-hydrogen) atoms. The molecule has 2 heterocycles. The van der Waals surface area contributed by atoms with E-state index in [2.05, 4.69) is 11.4 Å².